The number of hydrogen-bond donors (Lipinski definition) is 0. The van der Waals surface area contributed by atoms with Crippen LogP contribution in [-0.2, 0) is 0 Å². The van der Waals surface area contributed by atoms with E-state index in [4.69, 9.17) is 9.90 Å². The van der Waals surface area contributed by atoms with Crippen LogP contribution < -0.4 is 0 Å². The lowest BCUT2D eigenvalue weighted by Crippen LogP contribution is -1.91. The van der Waals surface area contributed by atoms with Crippen LogP contribution in [0.25, 0.3) is 98.4 Å². The fraction of sp³-hybridized carbons (Fsp3) is 0. The molecule has 0 saturated heterocycles. The van der Waals surface area contributed by atoms with Gasteiger partial charge in [-0.3, -0.25) is 0 Å². The Kier molecular flexibility index (Phi) is 4.19. The van der Waals surface area contributed by atoms with Crippen LogP contribution in [0.15, 0.2) is 174 Å². The van der Waals surface area contributed by atoms with E-state index in [9.17, 15) is 5.48 Å². The van der Waals surface area contributed by atoms with E-state index in [0.29, 0.717) is 22.3 Å². The first-order valence-electron chi connectivity index (χ1n) is 19.5. The number of benzene rings is 9. The first-order chi connectivity index (χ1) is 26.6. The van der Waals surface area contributed by atoms with Crippen LogP contribution >= 0.6 is 0 Å². The van der Waals surface area contributed by atoms with Gasteiger partial charge in [-0.25, -0.2) is 0 Å². The second kappa shape index (κ2) is 10.2. The lowest BCUT2D eigenvalue weighted by Gasteiger charge is -2.18. The Morgan fingerprint density at radius 1 is 0.362 bits per heavy atom. The third-order valence-electron chi connectivity index (χ3n) is 9.26. The highest BCUT2D eigenvalue weighted by molar-refractivity contribution is 6.22. The minimum absolute atomic E-state index is 0.187. The van der Waals surface area contributed by atoms with E-state index in [1.54, 1.807) is 0 Å². The van der Waals surface area contributed by atoms with Gasteiger partial charge in [-0.05, 0) is 107 Å². The van der Waals surface area contributed by atoms with Gasteiger partial charge < -0.3 is 4.42 Å². The fourth-order valence-corrected chi connectivity index (χ4v) is 7.13. The van der Waals surface area contributed by atoms with Crippen molar-refractivity contribution in [3.63, 3.8) is 0 Å². The van der Waals surface area contributed by atoms with Gasteiger partial charge in [0.15, 0.2) is 0 Å². The summed E-state index contributed by atoms with van der Waals surface area (Å²) in [4.78, 5) is 0. The van der Waals surface area contributed by atoms with Crippen LogP contribution in [-0.4, -0.2) is 0 Å². The van der Waals surface area contributed by atoms with Crippen molar-refractivity contribution in [3.05, 3.63) is 170 Å². The van der Waals surface area contributed by atoms with Crippen molar-refractivity contribution in [3.8, 4) is 33.4 Å². The Bertz CT molecular complexity index is 3230. The maximum absolute atomic E-state index is 9.34. The lowest BCUT2D eigenvalue weighted by atomic mass is 9.85. The van der Waals surface area contributed by atoms with Gasteiger partial charge >= 0.3 is 0 Å². The quantitative estimate of drug-likeness (QED) is 0.183. The van der Waals surface area contributed by atoms with E-state index in [1.807, 2.05) is 103 Å². The summed E-state index contributed by atoms with van der Waals surface area (Å²) in [6.45, 7) is 0. The Hall–Kier alpha value is -6.18. The molecule has 1 heterocycles. The van der Waals surface area contributed by atoms with Crippen LogP contribution in [0.3, 0.4) is 0 Å². The minimum Gasteiger partial charge on any atom is -0.456 e. The average molecular weight is 605 g/mol. The Balaban J connectivity index is 1.32. The highest BCUT2D eigenvalue weighted by Crippen LogP contribution is 2.45. The summed E-state index contributed by atoms with van der Waals surface area (Å²) in [5, 5.41) is 6.75. The summed E-state index contributed by atoms with van der Waals surface area (Å²) in [5.41, 5.74) is 5.01. The summed E-state index contributed by atoms with van der Waals surface area (Å²) in [6, 6.07) is 36.4. The van der Waals surface area contributed by atoms with Gasteiger partial charge in [0.25, 0.3) is 0 Å². The van der Waals surface area contributed by atoms with Crippen molar-refractivity contribution >= 4 is 65.0 Å². The van der Waals surface area contributed by atoms with Crippen molar-refractivity contribution in [2.45, 2.75) is 0 Å². The summed E-state index contributed by atoms with van der Waals surface area (Å²) < 4.78 is 78.7. The molecule has 0 aliphatic heterocycles. The molecule has 0 aliphatic carbocycles. The van der Waals surface area contributed by atoms with E-state index in [-0.39, 0.29) is 45.7 Å². The summed E-state index contributed by atoms with van der Waals surface area (Å²) in [5.74, 6) is 0. The molecule has 9 aromatic carbocycles. The zero-order chi connectivity index (χ0) is 37.9. The Morgan fingerprint density at radius 2 is 0.915 bits per heavy atom. The molecule has 0 fully saturated rings. The number of fused-ring (bicyclic) bond motifs is 8. The van der Waals surface area contributed by atoms with Gasteiger partial charge in [-0.1, -0.05) is 139 Å². The predicted molar refractivity (Wildman–Crippen MR) is 200 cm³/mol. The minimum atomic E-state index is -0.427. The van der Waals surface area contributed by atoms with Crippen LogP contribution in [0.5, 0.6) is 0 Å². The molecule has 218 valence electrons. The molecule has 0 saturated carbocycles. The van der Waals surface area contributed by atoms with Gasteiger partial charge in [0, 0.05) is 10.8 Å². The molecule has 47 heavy (non-hydrogen) atoms. The topological polar surface area (TPSA) is 13.1 Å². The number of furan rings is 1. The molecule has 1 aromatic heterocycles. The van der Waals surface area contributed by atoms with Crippen molar-refractivity contribution in [1.82, 2.24) is 0 Å². The van der Waals surface area contributed by atoms with Gasteiger partial charge in [0.2, 0.25) is 0 Å². The molecule has 0 radical (unpaired) electrons. The maximum atomic E-state index is 9.34. The molecule has 0 aliphatic rings. The molecule has 0 atom stereocenters. The standard InChI is InChI=1S/C46H28O/c1-2-12-31-26-35(21-20-29(31)10-1)45-39-18-7-5-16-37(39)44(38-17-6-8-19-40(38)45)34-14-9-13-32(27-34)33-23-24-42-41(28-33)46-36-15-4-3-11-30(36)22-25-43(46)47-42/h1-28H/i5D,6D,7D,8D,16D,17D,18D,19D. The van der Waals surface area contributed by atoms with Crippen LogP contribution in [0.4, 0.5) is 0 Å². The van der Waals surface area contributed by atoms with E-state index in [1.165, 1.54) is 0 Å². The second-order valence-corrected chi connectivity index (χ2v) is 11.9. The summed E-state index contributed by atoms with van der Waals surface area (Å²) in [6.07, 6.45) is 0. The monoisotopic (exact) mass is 604 g/mol. The molecule has 1 nitrogen and oxygen atoms in total. The van der Waals surface area contributed by atoms with Crippen molar-refractivity contribution < 1.29 is 15.4 Å². The molecule has 0 bridgehead atoms. The molecule has 0 spiro atoms. The Morgan fingerprint density at radius 3 is 1.66 bits per heavy atom. The molecular formula is C46H28O. The van der Waals surface area contributed by atoms with Gasteiger partial charge in [0.05, 0.1) is 11.0 Å². The van der Waals surface area contributed by atoms with Gasteiger partial charge in [-0.2, -0.15) is 0 Å². The zero-order valence-corrected chi connectivity index (χ0v) is 25.0. The molecule has 0 N–H and O–H groups in total. The molecular weight excluding hydrogens is 569 g/mol. The third-order valence-corrected chi connectivity index (χ3v) is 9.26. The van der Waals surface area contributed by atoms with E-state index in [0.717, 1.165) is 54.6 Å². The van der Waals surface area contributed by atoms with E-state index < -0.39 is 24.2 Å². The predicted octanol–water partition coefficient (Wildman–Crippen LogP) is 13.2. The largest absolute Gasteiger partial charge is 0.456 e. The Labute approximate surface area is 283 Å². The normalized spacial score (nSPS) is 14.2. The van der Waals surface area contributed by atoms with E-state index >= 15 is 0 Å². The lowest BCUT2D eigenvalue weighted by molar-refractivity contribution is 0.669. The van der Waals surface area contributed by atoms with Crippen LogP contribution in [0.1, 0.15) is 11.0 Å². The summed E-state index contributed by atoms with van der Waals surface area (Å²) >= 11 is 0. The SMILES string of the molecule is [2H]c1c([2H])c([2H])c2c(-c3ccc4ccccc4c3)c3c([2H])c([2H])c([2H])c([2H])c3c(-c3cccc(-c4ccc5oc6ccc7ccccc7c6c5c4)c3)c2c1[2H]. The number of rotatable bonds is 3. The fourth-order valence-electron chi connectivity index (χ4n) is 7.13. The highest BCUT2D eigenvalue weighted by atomic mass is 16.3. The maximum Gasteiger partial charge on any atom is 0.136 e. The van der Waals surface area contributed by atoms with E-state index in [2.05, 4.69) is 18.2 Å². The van der Waals surface area contributed by atoms with Crippen molar-refractivity contribution in [1.29, 1.82) is 0 Å². The molecule has 1 heteroatoms. The van der Waals surface area contributed by atoms with Gasteiger partial charge in [-0.15, -0.1) is 0 Å². The van der Waals surface area contributed by atoms with Gasteiger partial charge in [0.1, 0.15) is 11.2 Å². The zero-order valence-electron chi connectivity index (χ0n) is 33.0. The van der Waals surface area contributed by atoms with Crippen LogP contribution in [0.2, 0.25) is 0 Å². The van der Waals surface area contributed by atoms with Crippen molar-refractivity contribution in [2.75, 3.05) is 0 Å². The second-order valence-electron chi connectivity index (χ2n) is 11.9. The van der Waals surface area contributed by atoms with Crippen LogP contribution in [0, 0.1) is 0 Å². The smallest absolute Gasteiger partial charge is 0.136 e. The molecule has 0 unspecified atom stereocenters. The molecule has 0 amide bonds. The first kappa shape index (κ1) is 19.4. The average Bonchev–Trinajstić information content (AvgIpc) is 3.61. The highest BCUT2D eigenvalue weighted by Gasteiger charge is 2.18. The summed E-state index contributed by atoms with van der Waals surface area (Å²) in [7, 11) is 0. The number of hydrogen-bond acceptors (Lipinski definition) is 1. The first-order valence-corrected chi connectivity index (χ1v) is 15.5. The third kappa shape index (κ3) is 4.03. The molecule has 10 rings (SSSR count). The molecule has 10 aromatic rings. The van der Waals surface area contributed by atoms with Crippen molar-refractivity contribution in [2.24, 2.45) is 0 Å².